The topological polar surface area (TPSA) is 75.3 Å². The van der Waals surface area contributed by atoms with E-state index in [0.717, 1.165) is 24.8 Å². The lowest BCUT2D eigenvalue weighted by Gasteiger charge is -2.40. The number of benzene rings is 1. The molecule has 1 saturated carbocycles. The van der Waals surface area contributed by atoms with Crippen LogP contribution in [0.5, 0.6) is 0 Å². The first-order chi connectivity index (χ1) is 10.4. The highest BCUT2D eigenvalue weighted by Gasteiger charge is 2.45. The molecule has 122 valence electrons. The zero-order valence-electron chi connectivity index (χ0n) is 12.6. The Labute approximate surface area is 136 Å². The van der Waals surface area contributed by atoms with Crippen molar-refractivity contribution in [1.29, 1.82) is 0 Å². The van der Waals surface area contributed by atoms with E-state index in [0.29, 0.717) is 5.02 Å². The van der Waals surface area contributed by atoms with Gasteiger partial charge < -0.3 is 5.32 Å². The molecular formula is C15H21ClN2O3S. The normalized spacial score (nSPS) is 16.8. The fraction of sp³-hybridized carbons (Fsp3) is 0.533. The number of amides is 1. The minimum absolute atomic E-state index is 0.0351. The Balaban J connectivity index is 1.95. The van der Waals surface area contributed by atoms with Gasteiger partial charge in [0.1, 0.15) is 0 Å². The van der Waals surface area contributed by atoms with Gasteiger partial charge in [0.25, 0.3) is 0 Å². The van der Waals surface area contributed by atoms with Crippen LogP contribution in [-0.4, -0.2) is 33.2 Å². The molecule has 2 rings (SSSR count). The molecule has 0 spiro atoms. The number of rotatable bonds is 7. The molecule has 1 aromatic carbocycles. The van der Waals surface area contributed by atoms with Crippen molar-refractivity contribution in [1.82, 2.24) is 10.0 Å². The van der Waals surface area contributed by atoms with E-state index in [4.69, 9.17) is 11.6 Å². The third-order valence-corrected chi connectivity index (χ3v) is 5.77. The van der Waals surface area contributed by atoms with Crippen LogP contribution in [0.15, 0.2) is 24.3 Å². The minimum atomic E-state index is -3.22. The Hall–Kier alpha value is -1.11. The maximum absolute atomic E-state index is 12.5. The molecule has 7 heteroatoms. The summed E-state index contributed by atoms with van der Waals surface area (Å²) in [6.45, 7) is 2.05. The summed E-state index contributed by atoms with van der Waals surface area (Å²) in [7, 11) is -3.22. The number of carbonyl (C=O) groups is 1. The zero-order valence-corrected chi connectivity index (χ0v) is 14.1. The average molecular weight is 345 g/mol. The van der Waals surface area contributed by atoms with Gasteiger partial charge in [0.15, 0.2) is 0 Å². The van der Waals surface area contributed by atoms with E-state index < -0.39 is 15.4 Å². The summed E-state index contributed by atoms with van der Waals surface area (Å²) in [5.74, 6) is -0.0235. The van der Waals surface area contributed by atoms with E-state index in [1.807, 2.05) is 18.2 Å². The van der Waals surface area contributed by atoms with Gasteiger partial charge in [-0.2, -0.15) is 0 Å². The van der Waals surface area contributed by atoms with E-state index in [2.05, 4.69) is 10.0 Å². The third kappa shape index (κ3) is 3.80. The molecule has 1 fully saturated rings. The van der Waals surface area contributed by atoms with Crippen LogP contribution in [0.4, 0.5) is 0 Å². The van der Waals surface area contributed by atoms with Crippen LogP contribution >= 0.6 is 11.6 Å². The Bertz CT molecular complexity index is 642. The first-order valence-electron chi connectivity index (χ1n) is 7.41. The summed E-state index contributed by atoms with van der Waals surface area (Å²) in [6.07, 6.45) is 2.59. The molecule has 0 aromatic heterocycles. The predicted molar refractivity (Wildman–Crippen MR) is 87.5 cm³/mol. The van der Waals surface area contributed by atoms with Gasteiger partial charge in [-0.1, -0.05) is 30.2 Å². The van der Waals surface area contributed by atoms with E-state index in [1.165, 1.54) is 0 Å². The number of halogens is 1. The first kappa shape index (κ1) is 17.2. The smallest absolute Gasteiger partial charge is 0.230 e. The second-order valence-electron chi connectivity index (χ2n) is 5.50. The molecule has 1 aliphatic carbocycles. The van der Waals surface area contributed by atoms with Crippen molar-refractivity contribution in [3.63, 3.8) is 0 Å². The van der Waals surface area contributed by atoms with Crippen LogP contribution in [-0.2, 0) is 20.2 Å². The number of hydrogen-bond donors (Lipinski definition) is 2. The average Bonchev–Trinajstić information content (AvgIpc) is 2.43. The van der Waals surface area contributed by atoms with Gasteiger partial charge in [0.05, 0.1) is 11.2 Å². The lowest BCUT2D eigenvalue weighted by Crippen LogP contribution is -2.50. The lowest BCUT2D eigenvalue weighted by atomic mass is 9.64. The van der Waals surface area contributed by atoms with Crippen LogP contribution in [0.1, 0.15) is 31.7 Å². The van der Waals surface area contributed by atoms with E-state index >= 15 is 0 Å². The monoisotopic (exact) mass is 344 g/mol. The van der Waals surface area contributed by atoms with Gasteiger partial charge in [0, 0.05) is 18.1 Å². The SMILES string of the molecule is CCS(=O)(=O)NCCNC(=O)C1(c2cccc(Cl)c2)CCC1. The fourth-order valence-electron chi connectivity index (χ4n) is 2.62. The van der Waals surface area contributed by atoms with Crippen LogP contribution in [0.2, 0.25) is 5.02 Å². The fourth-order valence-corrected chi connectivity index (χ4v) is 3.42. The Morgan fingerprint density at radius 3 is 2.59 bits per heavy atom. The van der Waals surface area contributed by atoms with Crippen molar-refractivity contribution in [3.8, 4) is 0 Å². The molecule has 0 radical (unpaired) electrons. The highest BCUT2D eigenvalue weighted by molar-refractivity contribution is 7.89. The molecule has 0 bridgehead atoms. The molecule has 5 nitrogen and oxygen atoms in total. The van der Waals surface area contributed by atoms with Gasteiger partial charge in [-0.05, 0) is 37.5 Å². The van der Waals surface area contributed by atoms with Gasteiger partial charge in [-0.15, -0.1) is 0 Å². The maximum Gasteiger partial charge on any atom is 0.230 e. The molecule has 0 saturated heterocycles. The van der Waals surface area contributed by atoms with Crippen molar-refractivity contribution in [3.05, 3.63) is 34.9 Å². The van der Waals surface area contributed by atoms with Crippen molar-refractivity contribution in [2.24, 2.45) is 0 Å². The number of sulfonamides is 1. The molecule has 0 unspecified atom stereocenters. The summed E-state index contributed by atoms with van der Waals surface area (Å²) < 4.78 is 25.1. The van der Waals surface area contributed by atoms with E-state index in [-0.39, 0.29) is 24.7 Å². The van der Waals surface area contributed by atoms with Crippen LogP contribution in [0, 0.1) is 0 Å². The van der Waals surface area contributed by atoms with Crippen LogP contribution in [0.3, 0.4) is 0 Å². The zero-order chi connectivity index (χ0) is 16.2. The molecule has 2 N–H and O–H groups in total. The molecule has 1 aromatic rings. The quantitative estimate of drug-likeness (QED) is 0.741. The van der Waals surface area contributed by atoms with Crippen LogP contribution < -0.4 is 10.0 Å². The summed E-state index contributed by atoms with van der Waals surface area (Å²) in [4.78, 5) is 12.5. The van der Waals surface area contributed by atoms with E-state index in [9.17, 15) is 13.2 Å². The summed E-state index contributed by atoms with van der Waals surface area (Å²) in [6, 6.07) is 7.39. The van der Waals surface area contributed by atoms with Crippen molar-refractivity contribution in [2.45, 2.75) is 31.6 Å². The number of nitrogens with one attached hydrogen (secondary N) is 2. The van der Waals surface area contributed by atoms with Gasteiger partial charge in [-0.25, -0.2) is 13.1 Å². The van der Waals surface area contributed by atoms with Crippen molar-refractivity contribution >= 4 is 27.5 Å². The molecule has 22 heavy (non-hydrogen) atoms. The Morgan fingerprint density at radius 1 is 1.32 bits per heavy atom. The summed E-state index contributed by atoms with van der Waals surface area (Å²) >= 11 is 6.02. The first-order valence-corrected chi connectivity index (χ1v) is 9.44. The van der Waals surface area contributed by atoms with Crippen molar-refractivity contribution < 1.29 is 13.2 Å². The largest absolute Gasteiger partial charge is 0.354 e. The third-order valence-electron chi connectivity index (χ3n) is 4.13. The predicted octanol–water partition coefficient (Wildman–Crippen LogP) is 1.82. The molecule has 0 aliphatic heterocycles. The summed E-state index contributed by atoms with van der Waals surface area (Å²) in [5.41, 5.74) is 0.409. The van der Waals surface area contributed by atoms with E-state index in [1.54, 1.807) is 13.0 Å². The Kier molecular flexibility index (Phi) is 5.47. The lowest BCUT2D eigenvalue weighted by molar-refractivity contribution is -0.129. The molecule has 1 amide bonds. The second kappa shape index (κ2) is 6.98. The van der Waals surface area contributed by atoms with Crippen molar-refractivity contribution in [2.75, 3.05) is 18.8 Å². The molecule has 0 atom stereocenters. The second-order valence-corrected chi connectivity index (χ2v) is 8.03. The standard InChI is InChI=1S/C15H21ClN2O3S/c1-2-22(20,21)18-10-9-17-14(19)15(7-4-8-15)12-5-3-6-13(16)11-12/h3,5-6,11,18H,2,4,7-10H2,1H3,(H,17,19). The molecular weight excluding hydrogens is 324 g/mol. The highest BCUT2D eigenvalue weighted by Crippen LogP contribution is 2.44. The van der Waals surface area contributed by atoms with Gasteiger partial charge in [0.2, 0.25) is 15.9 Å². The molecule has 0 heterocycles. The highest BCUT2D eigenvalue weighted by atomic mass is 35.5. The number of hydrogen-bond acceptors (Lipinski definition) is 3. The van der Waals surface area contributed by atoms with Gasteiger partial charge in [-0.3, -0.25) is 4.79 Å². The summed E-state index contributed by atoms with van der Waals surface area (Å²) in [5, 5.41) is 3.45. The van der Waals surface area contributed by atoms with Gasteiger partial charge >= 0.3 is 0 Å². The molecule has 1 aliphatic rings. The van der Waals surface area contributed by atoms with Crippen LogP contribution in [0.25, 0.3) is 0 Å². The Morgan fingerprint density at radius 2 is 2.05 bits per heavy atom. The maximum atomic E-state index is 12.5. The minimum Gasteiger partial charge on any atom is -0.354 e. The number of carbonyl (C=O) groups excluding carboxylic acids is 1.